The lowest BCUT2D eigenvalue weighted by atomic mass is 9.90. The minimum atomic E-state index is -0.233. The molecule has 3 fully saturated rings. The smallest absolute Gasteiger partial charge is 0.251 e. The van der Waals surface area contributed by atoms with E-state index in [9.17, 15) is 9.59 Å². The molecule has 5 nitrogen and oxygen atoms in total. The summed E-state index contributed by atoms with van der Waals surface area (Å²) >= 11 is 0. The first-order valence-electron chi connectivity index (χ1n) is 9.45. The third kappa shape index (κ3) is 4.25. The van der Waals surface area contributed by atoms with Crippen LogP contribution in [0.5, 0.6) is 0 Å². The van der Waals surface area contributed by atoms with Gasteiger partial charge in [0.05, 0.1) is 0 Å². The Morgan fingerprint density at radius 3 is 1.83 bits per heavy atom. The molecule has 1 saturated carbocycles. The Balaban J connectivity index is 1.47. The molecule has 0 unspecified atom stereocenters. The fourth-order valence-corrected chi connectivity index (χ4v) is 4.08. The highest BCUT2D eigenvalue weighted by Crippen LogP contribution is 2.25. The number of hydrogen-bond acceptors (Lipinski definition) is 3. The molecule has 0 N–H and O–H groups in total. The van der Waals surface area contributed by atoms with Crippen molar-refractivity contribution in [3.63, 3.8) is 0 Å². The molecule has 130 valence electrons. The van der Waals surface area contributed by atoms with Crippen LogP contribution < -0.4 is 0 Å². The van der Waals surface area contributed by atoms with Gasteiger partial charge in [-0.25, -0.2) is 0 Å². The van der Waals surface area contributed by atoms with Gasteiger partial charge in [-0.15, -0.1) is 0 Å². The quantitative estimate of drug-likeness (QED) is 0.783. The van der Waals surface area contributed by atoms with E-state index in [0.29, 0.717) is 38.7 Å². The summed E-state index contributed by atoms with van der Waals surface area (Å²) in [6.07, 6.45) is 9.94. The molecule has 0 aromatic carbocycles. The molecule has 1 atom stereocenters. The average Bonchev–Trinajstić information content (AvgIpc) is 3.08. The molecule has 0 spiro atoms. The molecule has 0 aromatic heterocycles. The lowest BCUT2D eigenvalue weighted by molar-refractivity contribution is -0.147. The van der Waals surface area contributed by atoms with Crippen molar-refractivity contribution in [3.05, 3.63) is 0 Å². The van der Waals surface area contributed by atoms with Crippen molar-refractivity contribution in [2.75, 3.05) is 32.8 Å². The molecular weight excluding hydrogens is 292 g/mol. The van der Waals surface area contributed by atoms with Gasteiger partial charge in [-0.2, -0.15) is 0 Å². The van der Waals surface area contributed by atoms with Crippen molar-refractivity contribution in [2.45, 2.75) is 63.9 Å². The molecule has 2 saturated heterocycles. The summed E-state index contributed by atoms with van der Waals surface area (Å²) in [5, 5.41) is 0. The van der Waals surface area contributed by atoms with Gasteiger partial charge in [-0.05, 0) is 25.7 Å². The monoisotopic (exact) mass is 322 g/mol. The lowest BCUT2D eigenvalue weighted by Gasteiger charge is -2.37. The number of carbonyl (C=O) groups excluding carboxylic acids is 2. The Hall–Kier alpha value is -1.10. The Labute approximate surface area is 139 Å². The Morgan fingerprint density at radius 2 is 1.26 bits per heavy atom. The van der Waals surface area contributed by atoms with Crippen LogP contribution in [-0.4, -0.2) is 60.5 Å². The Bertz CT molecular complexity index is 404. The highest BCUT2D eigenvalue weighted by Gasteiger charge is 2.32. The summed E-state index contributed by atoms with van der Waals surface area (Å²) < 4.78 is 5.49. The fraction of sp³-hybridized carbons (Fsp3) is 0.889. The summed E-state index contributed by atoms with van der Waals surface area (Å²) in [5.74, 6) is 0.674. The normalized spacial score (nSPS) is 27.6. The van der Waals surface area contributed by atoms with Gasteiger partial charge in [0.15, 0.2) is 0 Å². The van der Waals surface area contributed by atoms with E-state index in [-0.39, 0.29) is 17.9 Å². The van der Waals surface area contributed by atoms with E-state index >= 15 is 0 Å². The van der Waals surface area contributed by atoms with E-state index in [2.05, 4.69) is 0 Å². The van der Waals surface area contributed by atoms with Crippen LogP contribution in [0, 0.1) is 5.92 Å². The number of nitrogens with zero attached hydrogens (tertiary/aromatic N) is 2. The minimum Gasteiger partial charge on any atom is -0.368 e. The second-order valence-electron chi connectivity index (χ2n) is 7.19. The molecule has 0 bridgehead atoms. The van der Waals surface area contributed by atoms with Crippen molar-refractivity contribution < 1.29 is 14.3 Å². The van der Waals surface area contributed by atoms with Crippen molar-refractivity contribution in [3.8, 4) is 0 Å². The summed E-state index contributed by atoms with van der Waals surface area (Å²) in [7, 11) is 0. The largest absolute Gasteiger partial charge is 0.368 e. The first-order chi connectivity index (χ1) is 11.3. The predicted molar refractivity (Wildman–Crippen MR) is 87.9 cm³/mol. The summed E-state index contributed by atoms with van der Waals surface area (Å²) in [6.45, 7) is 3.41. The maximum Gasteiger partial charge on any atom is 0.251 e. The summed E-state index contributed by atoms with van der Waals surface area (Å²) in [4.78, 5) is 29.0. The molecule has 3 rings (SSSR count). The van der Waals surface area contributed by atoms with Gasteiger partial charge in [-0.3, -0.25) is 9.59 Å². The van der Waals surface area contributed by atoms with Crippen LogP contribution in [0.2, 0.25) is 0 Å². The van der Waals surface area contributed by atoms with Crippen LogP contribution >= 0.6 is 0 Å². The zero-order chi connectivity index (χ0) is 16.1. The molecule has 3 aliphatic rings. The molecule has 0 aromatic rings. The van der Waals surface area contributed by atoms with Crippen molar-refractivity contribution in [2.24, 2.45) is 5.92 Å². The molecule has 1 aliphatic carbocycles. The predicted octanol–water partition coefficient (Wildman–Crippen LogP) is 2.20. The second-order valence-corrected chi connectivity index (χ2v) is 7.19. The number of hydrogen-bond donors (Lipinski definition) is 0. The van der Waals surface area contributed by atoms with Gasteiger partial charge in [0, 0.05) is 38.7 Å². The zero-order valence-corrected chi connectivity index (χ0v) is 14.2. The van der Waals surface area contributed by atoms with E-state index in [1.54, 1.807) is 0 Å². The highest BCUT2D eigenvalue weighted by molar-refractivity contribution is 5.82. The van der Waals surface area contributed by atoms with Crippen LogP contribution in [0.15, 0.2) is 0 Å². The second kappa shape index (κ2) is 8.13. The summed E-state index contributed by atoms with van der Waals surface area (Å²) in [5.41, 5.74) is 0. The molecular formula is C18H30N2O3. The fourth-order valence-electron chi connectivity index (χ4n) is 4.08. The van der Waals surface area contributed by atoms with E-state index in [0.717, 1.165) is 25.7 Å². The van der Waals surface area contributed by atoms with Crippen LogP contribution in [0.25, 0.3) is 0 Å². The Kier molecular flexibility index (Phi) is 5.92. The third-order valence-corrected chi connectivity index (χ3v) is 5.56. The van der Waals surface area contributed by atoms with Gasteiger partial charge in [0.1, 0.15) is 6.10 Å². The van der Waals surface area contributed by atoms with Gasteiger partial charge in [0.2, 0.25) is 5.91 Å². The zero-order valence-electron chi connectivity index (χ0n) is 14.2. The average molecular weight is 322 g/mol. The van der Waals surface area contributed by atoms with Crippen LogP contribution in [0.1, 0.15) is 57.8 Å². The highest BCUT2D eigenvalue weighted by atomic mass is 16.5. The van der Waals surface area contributed by atoms with E-state index < -0.39 is 0 Å². The molecule has 23 heavy (non-hydrogen) atoms. The SMILES string of the molecule is O=C(C1CCCCCCC1)N1CCN(C(=O)[C@H]2CCCO2)CC1. The third-order valence-electron chi connectivity index (χ3n) is 5.56. The van der Waals surface area contributed by atoms with Gasteiger partial charge in [0.25, 0.3) is 5.91 Å². The first kappa shape index (κ1) is 16.7. The van der Waals surface area contributed by atoms with Gasteiger partial charge in [-0.1, -0.05) is 32.1 Å². The van der Waals surface area contributed by atoms with E-state index in [1.165, 1.54) is 32.1 Å². The van der Waals surface area contributed by atoms with Crippen LogP contribution in [0.3, 0.4) is 0 Å². The summed E-state index contributed by atoms with van der Waals surface area (Å²) in [6, 6.07) is 0. The molecule has 2 amide bonds. The maximum atomic E-state index is 12.7. The number of carbonyl (C=O) groups is 2. The molecule has 5 heteroatoms. The molecule has 2 aliphatic heterocycles. The minimum absolute atomic E-state index is 0.126. The van der Waals surface area contributed by atoms with Gasteiger partial charge < -0.3 is 14.5 Å². The lowest BCUT2D eigenvalue weighted by Crippen LogP contribution is -2.53. The van der Waals surface area contributed by atoms with Crippen LogP contribution in [0.4, 0.5) is 0 Å². The van der Waals surface area contributed by atoms with E-state index in [1.807, 2.05) is 9.80 Å². The molecule has 0 radical (unpaired) electrons. The van der Waals surface area contributed by atoms with Crippen molar-refractivity contribution in [1.82, 2.24) is 9.80 Å². The number of amides is 2. The Morgan fingerprint density at radius 1 is 0.696 bits per heavy atom. The number of rotatable bonds is 2. The van der Waals surface area contributed by atoms with Gasteiger partial charge >= 0.3 is 0 Å². The first-order valence-corrected chi connectivity index (χ1v) is 9.45. The maximum absolute atomic E-state index is 12.7. The standard InChI is InChI=1S/C18H30N2O3/c21-17(15-7-4-2-1-3-5-8-15)19-10-12-20(13-11-19)18(22)16-9-6-14-23-16/h15-16H,1-14H2/t16-/m1/s1. The van der Waals surface area contributed by atoms with Crippen molar-refractivity contribution in [1.29, 1.82) is 0 Å². The molecule has 2 heterocycles. The number of piperazine rings is 1. The topological polar surface area (TPSA) is 49.9 Å². The van der Waals surface area contributed by atoms with E-state index in [4.69, 9.17) is 4.74 Å². The van der Waals surface area contributed by atoms with Crippen molar-refractivity contribution >= 4 is 11.8 Å². The van der Waals surface area contributed by atoms with Crippen LogP contribution in [-0.2, 0) is 14.3 Å². The number of ether oxygens (including phenoxy) is 1.